The van der Waals surface area contributed by atoms with E-state index in [-0.39, 0.29) is 17.7 Å². The lowest BCUT2D eigenvalue weighted by molar-refractivity contribution is -0.133. The first-order chi connectivity index (χ1) is 15.4. The van der Waals surface area contributed by atoms with Crippen LogP contribution in [-0.2, 0) is 40.4 Å². The first-order valence-corrected chi connectivity index (χ1v) is 11.1. The molecule has 1 aromatic carbocycles. The molecule has 3 heterocycles. The largest absolute Gasteiger partial charge is 0.496 e. The van der Waals surface area contributed by atoms with Crippen LogP contribution >= 0.6 is 0 Å². The third-order valence-corrected chi connectivity index (χ3v) is 6.30. The predicted octanol–water partition coefficient (Wildman–Crippen LogP) is 1.69. The van der Waals surface area contributed by atoms with Crippen molar-refractivity contribution in [2.45, 2.75) is 58.4 Å². The molecule has 9 nitrogen and oxygen atoms in total. The maximum atomic E-state index is 12.9. The Morgan fingerprint density at radius 2 is 2.09 bits per heavy atom. The monoisotopic (exact) mass is 441 g/mol. The van der Waals surface area contributed by atoms with Gasteiger partial charge in [-0.05, 0) is 24.5 Å². The van der Waals surface area contributed by atoms with E-state index in [4.69, 9.17) is 9.47 Å². The fourth-order valence-corrected chi connectivity index (χ4v) is 4.32. The lowest BCUT2D eigenvalue weighted by Gasteiger charge is -2.34. The minimum atomic E-state index is -0.431. The van der Waals surface area contributed by atoms with Crippen LogP contribution < -0.4 is 10.1 Å². The Morgan fingerprint density at radius 3 is 2.88 bits per heavy atom. The standard InChI is InChI=1S/C23H31N5O4/c1-16(2)22(30)24-12-18-19-13-32-23(15-28(19)26-25-18)10-11-27(14-23)21(29)9-8-17-6-4-5-7-20(17)31-3/h4-7,16H,8-15H2,1-3H3,(H,24,30). The molecule has 9 heteroatoms. The summed E-state index contributed by atoms with van der Waals surface area (Å²) in [6.07, 6.45) is 1.85. The van der Waals surface area contributed by atoms with Gasteiger partial charge in [0.1, 0.15) is 17.0 Å². The fourth-order valence-electron chi connectivity index (χ4n) is 4.32. The van der Waals surface area contributed by atoms with Crippen molar-refractivity contribution in [3.63, 3.8) is 0 Å². The zero-order valence-corrected chi connectivity index (χ0v) is 19.0. The summed E-state index contributed by atoms with van der Waals surface area (Å²) in [6, 6.07) is 7.80. The molecular formula is C23H31N5O4. The van der Waals surface area contributed by atoms with Gasteiger partial charge in [0.25, 0.3) is 0 Å². The van der Waals surface area contributed by atoms with Gasteiger partial charge >= 0.3 is 0 Å². The van der Waals surface area contributed by atoms with Crippen molar-refractivity contribution in [1.29, 1.82) is 0 Å². The summed E-state index contributed by atoms with van der Waals surface area (Å²) in [5.41, 5.74) is 2.23. The van der Waals surface area contributed by atoms with Crippen LogP contribution in [0.4, 0.5) is 0 Å². The molecule has 2 aliphatic rings. The van der Waals surface area contributed by atoms with Gasteiger partial charge in [-0.2, -0.15) is 0 Å². The Kier molecular flexibility index (Phi) is 6.45. The normalized spacial score (nSPS) is 19.9. The molecule has 0 aliphatic carbocycles. The topological polar surface area (TPSA) is 98.6 Å². The second-order valence-electron chi connectivity index (χ2n) is 8.86. The zero-order valence-electron chi connectivity index (χ0n) is 19.0. The molecule has 0 bridgehead atoms. The molecule has 1 saturated heterocycles. The number of carbonyl (C=O) groups excluding carboxylic acids is 2. The van der Waals surface area contributed by atoms with Crippen molar-refractivity contribution in [2.24, 2.45) is 5.92 Å². The zero-order chi connectivity index (χ0) is 22.7. The number of rotatable bonds is 7. The predicted molar refractivity (Wildman–Crippen MR) is 117 cm³/mol. The summed E-state index contributed by atoms with van der Waals surface area (Å²) in [5, 5.41) is 11.4. The van der Waals surface area contributed by atoms with E-state index in [1.54, 1.807) is 7.11 Å². The van der Waals surface area contributed by atoms with E-state index in [0.717, 1.165) is 29.1 Å². The number of likely N-dealkylation sites (tertiary alicyclic amines) is 1. The number of ether oxygens (including phenoxy) is 2. The second-order valence-corrected chi connectivity index (χ2v) is 8.86. The molecule has 1 N–H and O–H groups in total. The Labute approximate surface area is 188 Å². The molecule has 4 rings (SSSR count). The average molecular weight is 442 g/mol. The number of aryl methyl sites for hydroxylation is 1. The number of hydrogen-bond acceptors (Lipinski definition) is 6. The van der Waals surface area contributed by atoms with Gasteiger partial charge in [-0.3, -0.25) is 9.59 Å². The van der Waals surface area contributed by atoms with Gasteiger partial charge in [0.15, 0.2) is 0 Å². The summed E-state index contributed by atoms with van der Waals surface area (Å²) in [5.74, 6) is 0.842. The van der Waals surface area contributed by atoms with Crippen molar-refractivity contribution in [3.8, 4) is 5.75 Å². The molecule has 2 aromatic rings. The Morgan fingerprint density at radius 1 is 1.28 bits per heavy atom. The number of benzene rings is 1. The summed E-state index contributed by atoms with van der Waals surface area (Å²) < 4.78 is 13.5. The van der Waals surface area contributed by atoms with Crippen molar-refractivity contribution in [2.75, 3.05) is 20.2 Å². The SMILES string of the molecule is COc1ccccc1CCC(=O)N1CCC2(C1)Cn1nnc(CNC(=O)C(C)C)c1CO2. The van der Waals surface area contributed by atoms with Crippen molar-refractivity contribution in [3.05, 3.63) is 41.2 Å². The van der Waals surface area contributed by atoms with E-state index in [0.29, 0.717) is 45.6 Å². The molecule has 32 heavy (non-hydrogen) atoms. The van der Waals surface area contributed by atoms with Gasteiger partial charge in [-0.15, -0.1) is 5.10 Å². The van der Waals surface area contributed by atoms with E-state index in [1.807, 2.05) is 47.7 Å². The van der Waals surface area contributed by atoms with Crippen LogP contribution in [-0.4, -0.2) is 57.5 Å². The minimum Gasteiger partial charge on any atom is -0.496 e. The Balaban J connectivity index is 1.33. The number of amides is 2. The van der Waals surface area contributed by atoms with Crippen LogP contribution in [0.1, 0.15) is 43.6 Å². The minimum absolute atomic E-state index is 0.0157. The molecule has 0 radical (unpaired) electrons. The van der Waals surface area contributed by atoms with Crippen LogP contribution in [0.2, 0.25) is 0 Å². The second kappa shape index (κ2) is 9.28. The maximum Gasteiger partial charge on any atom is 0.223 e. The maximum absolute atomic E-state index is 12.9. The molecule has 1 spiro atoms. The van der Waals surface area contributed by atoms with Crippen LogP contribution in [0.25, 0.3) is 0 Å². The lowest BCUT2D eigenvalue weighted by Crippen LogP contribution is -2.45. The highest BCUT2D eigenvalue weighted by Crippen LogP contribution is 2.33. The third kappa shape index (κ3) is 4.62. The number of methoxy groups -OCH3 is 1. The van der Waals surface area contributed by atoms with Crippen molar-refractivity contribution < 1.29 is 19.1 Å². The van der Waals surface area contributed by atoms with E-state index in [9.17, 15) is 9.59 Å². The van der Waals surface area contributed by atoms with Crippen LogP contribution in [0, 0.1) is 5.92 Å². The third-order valence-electron chi connectivity index (χ3n) is 6.30. The number of carbonyl (C=O) groups is 2. The number of fused-ring (bicyclic) bond motifs is 1. The molecule has 1 fully saturated rings. The van der Waals surface area contributed by atoms with E-state index >= 15 is 0 Å². The fraction of sp³-hybridized carbons (Fsp3) is 0.565. The molecule has 0 saturated carbocycles. The van der Waals surface area contributed by atoms with Crippen molar-refractivity contribution in [1.82, 2.24) is 25.2 Å². The summed E-state index contributed by atoms with van der Waals surface area (Å²) in [6.45, 7) is 6.21. The molecular weight excluding hydrogens is 410 g/mol. The van der Waals surface area contributed by atoms with Gasteiger partial charge in [0.05, 0.1) is 39.0 Å². The number of nitrogens with one attached hydrogen (secondary N) is 1. The van der Waals surface area contributed by atoms with Gasteiger partial charge in [-0.25, -0.2) is 4.68 Å². The first kappa shape index (κ1) is 22.3. The van der Waals surface area contributed by atoms with E-state index < -0.39 is 5.60 Å². The molecule has 2 aliphatic heterocycles. The van der Waals surface area contributed by atoms with Gasteiger partial charge in [0.2, 0.25) is 11.8 Å². The number of para-hydroxylation sites is 1. The summed E-state index contributed by atoms with van der Waals surface area (Å²) in [7, 11) is 1.65. The summed E-state index contributed by atoms with van der Waals surface area (Å²) in [4.78, 5) is 26.6. The molecule has 172 valence electrons. The highest BCUT2D eigenvalue weighted by atomic mass is 16.5. The average Bonchev–Trinajstić information content (AvgIpc) is 3.40. The van der Waals surface area contributed by atoms with E-state index in [2.05, 4.69) is 15.6 Å². The van der Waals surface area contributed by atoms with Crippen LogP contribution in [0.5, 0.6) is 5.75 Å². The smallest absolute Gasteiger partial charge is 0.223 e. The lowest BCUT2D eigenvalue weighted by atomic mass is 10.0. The summed E-state index contributed by atoms with van der Waals surface area (Å²) >= 11 is 0. The molecule has 2 amide bonds. The molecule has 1 atom stereocenters. The van der Waals surface area contributed by atoms with Gasteiger partial charge in [0, 0.05) is 18.9 Å². The highest BCUT2D eigenvalue weighted by molar-refractivity contribution is 5.78. The molecule has 1 unspecified atom stereocenters. The Hall–Kier alpha value is -2.94. The quantitative estimate of drug-likeness (QED) is 0.702. The first-order valence-electron chi connectivity index (χ1n) is 11.1. The van der Waals surface area contributed by atoms with Crippen LogP contribution in [0.15, 0.2) is 24.3 Å². The number of nitrogens with zero attached hydrogens (tertiary/aromatic N) is 4. The molecule has 1 aromatic heterocycles. The van der Waals surface area contributed by atoms with Gasteiger partial charge < -0.3 is 19.7 Å². The van der Waals surface area contributed by atoms with Crippen molar-refractivity contribution >= 4 is 11.8 Å². The number of aromatic nitrogens is 3. The van der Waals surface area contributed by atoms with Crippen LogP contribution in [0.3, 0.4) is 0 Å². The Bertz CT molecular complexity index is 989. The number of hydrogen-bond donors (Lipinski definition) is 1. The highest BCUT2D eigenvalue weighted by Gasteiger charge is 2.44. The van der Waals surface area contributed by atoms with E-state index in [1.165, 1.54) is 0 Å². The van der Waals surface area contributed by atoms with Gasteiger partial charge in [-0.1, -0.05) is 37.3 Å².